The molecule has 1 amide bonds. The first kappa shape index (κ1) is 23.7. The number of amides is 1. The molecular weight excluding hydrogens is 476 g/mol. The fourth-order valence-electron chi connectivity index (χ4n) is 4.31. The molecule has 1 unspecified atom stereocenters. The SMILES string of the molecule is Nc1ccc2[nH]c(=O)n(-c3ccc(C[C@H](NC(=O)C4=Nc5ccccc5C4N)C(=O)O)cc3)c(=O)c2c1. The highest BCUT2D eigenvalue weighted by Gasteiger charge is 2.31. The average Bonchev–Trinajstić information content (AvgIpc) is 3.22. The molecule has 0 saturated heterocycles. The number of H-pyrrole nitrogens is 1. The summed E-state index contributed by atoms with van der Waals surface area (Å²) >= 11 is 0. The average molecular weight is 498 g/mol. The number of hydrogen-bond donors (Lipinski definition) is 5. The van der Waals surface area contributed by atoms with E-state index >= 15 is 0 Å². The predicted molar refractivity (Wildman–Crippen MR) is 138 cm³/mol. The van der Waals surface area contributed by atoms with E-state index in [9.17, 15) is 24.3 Å². The lowest BCUT2D eigenvalue weighted by Crippen LogP contribution is -2.46. The van der Waals surface area contributed by atoms with Crippen LogP contribution in [0.3, 0.4) is 0 Å². The molecule has 2 heterocycles. The lowest BCUT2D eigenvalue weighted by atomic mass is 10.0. The molecule has 37 heavy (non-hydrogen) atoms. The van der Waals surface area contributed by atoms with Crippen molar-refractivity contribution in [2.45, 2.75) is 18.5 Å². The molecule has 0 saturated carbocycles. The number of nitrogens with two attached hydrogens (primary N) is 2. The van der Waals surface area contributed by atoms with Gasteiger partial charge in [0, 0.05) is 17.7 Å². The van der Waals surface area contributed by atoms with E-state index in [-0.39, 0.29) is 17.5 Å². The van der Waals surface area contributed by atoms with Gasteiger partial charge in [-0.2, -0.15) is 0 Å². The van der Waals surface area contributed by atoms with Gasteiger partial charge in [-0.15, -0.1) is 0 Å². The molecule has 0 spiro atoms. The Bertz CT molecular complexity index is 1700. The summed E-state index contributed by atoms with van der Waals surface area (Å²) in [6.45, 7) is 0. The van der Waals surface area contributed by atoms with Gasteiger partial charge in [0.1, 0.15) is 11.8 Å². The molecule has 5 rings (SSSR count). The maximum atomic E-state index is 13.0. The Morgan fingerprint density at radius 3 is 2.51 bits per heavy atom. The largest absolute Gasteiger partial charge is 0.480 e. The first-order valence-corrected chi connectivity index (χ1v) is 11.3. The van der Waals surface area contributed by atoms with Crippen molar-refractivity contribution >= 4 is 39.9 Å². The third kappa shape index (κ3) is 4.39. The summed E-state index contributed by atoms with van der Waals surface area (Å²) in [5, 5.41) is 12.5. The van der Waals surface area contributed by atoms with E-state index in [0.717, 1.165) is 4.57 Å². The number of carbonyl (C=O) groups excluding carboxylic acids is 1. The molecule has 7 N–H and O–H groups in total. The number of aromatic nitrogens is 2. The molecule has 11 nitrogen and oxygen atoms in total. The van der Waals surface area contributed by atoms with Crippen LogP contribution in [0.5, 0.6) is 0 Å². The number of aromatic amines is 1. The molecule has 0 bridgehead atoms. The topological polar surface area (TPSA) is 186 Å². The first-order chi connectivity index (χ1) is 17.7. The van der Waals surface area contributed by atoms with Gasteiger partial charge in [0.15, 0.2) is 0 Å². The number of carboxylic acid groups (broad SMARTS) is 1. The van der Waals surface area contributed by atoms with Crippen LogP contribution in [0, 0.1) is 0 Å². The molecule has 0 aliphatic carbocycles. The number of para-hydroxylation sites is 1. The van der Waals surface area contributed by atoms with E-state index in [1.54, 1.807) is 48.5 Å². The second-order valence-electron chi connectivity index (χ2n) is 8.64. The maximum Gasteiger partial charge on any atom is 0.333 e. The van der Waals surface area contributed by atoms with Crippen LogP contribution in [0.15, 0.2) is 81.3 Å². The van der Waals surface area contributed by atoms with Gasteiger partial charge in [0.05, 0.1) is 28.3 Å². The third-order valence-electron chi connectivity index (χ3n) is 6.20. The van der Waals surface area contributed by atoms with Crippen LogP contribution in [-0.2, 0) is 16.0 Å². The monoisotopic (exact) mass is 498 g/mol. The number of carboxylic acids is 1. The fourth-order valence-corrected chi connectivity index (χ4v) is 4.31. The summed E-state index contributed by atoms with van der Waals surface area (Å²) in [4.78, 5) is 57.1. The highest BCUT2D eigenvalue weighted by Crippen LogP contribution is 2.32. The number of nitrogen functional groups attached to an aromatic ring is 1. The van der Waals surface area contributed by atoms with Crippen molar-refractivity contribution in [3.63, 3.8) is 0 Å². The number of hydrogen-bond acceptors (Lipinski definition) is 7. The highest BCUT2D eigenvalue weighted by atomic mass is 16.4. The Kier molecular flexibility index (Phi) is 5.90. The van der Waals surface area contributed by atoms with Gasteiger partial charge < -0.3 is 26.9 Å². The van der Waals surface area contributed by atoms with Gasteiger partial charge in [0.2, 0.25) is 0 Å². The predicted octanol–water partition coefficient (Wildman–Crippen LogP) is 1.16. The summed E-state index contributed by atoms with van der Waals surface area (Å²) in [7, 11) is 0. The van der Waals surface area contributed by atoms with Crippen LogP contribution in [0.4, 0.5) is 11.4 Å². The van der Waals surface area contributed by atoms with Crippen LogP contribution >= 0.6 is 0 Å². The van der Waals surface area contributed by atoms with Crippen molar-refractivity contribution < 1.29 is 14.7 Å². The Labute approximate surface area is 209 Å². The van der Waals surface area contributed by atoms with Crippen LogP contribution < -0.4 is 28.0 Å². The molecule has 2 atom stereocenters. The highest BCUT2D eigenvalue weighted by molar-refractivity contribution is 6.42. The minimum Gasteiger partial charge on any atom is -0.480 e. The van der Waals surface area contributed by atoms with E-state index in [0.29, 0.717) is 33.7 Å². The summed E-state index contributed by atoms with van der Waals surface area (Å²) in [5.41, 5.74) is 13.7. The quantitative estimate of drug-likeness (QED) is 0.247. The van der Waals surface area contributed by atoms with Gasteiger partial charge in [-0.1, -0.05) is 30.3 Å². The molecule has 3 aromatic carbocycles. The van der Waals surface area contributed by atoms with Crippen molar-refractivity contribution in [1.29, 1.82) is 0 Å². The number of anilines is 1. The van der Waals surface area contributed by atoms with Crippen molar-refractivity contribution in [3.05, 3.63) is 98.7 Å². The zero-order valence-corrected chi connectivity index (χ0v) is 19.3. The van der Waals surface area contributed by atoms with Gasteiger partial charge >= 0.3 is 11.7 Å². The molecule has 1 aromatic heterocycles. The van der Waals surface area contributed by atoms with Crippen molar-refractivity contribution in [2.75, 3.05) is 5.73 Å². The Morgan fingerprint density at radius 1 is 1.08 bits per heavy atom. The van der Waals surface area contributed by atoms with Crippen molar-refractivity contribution in [1.82, 2.24) is 14.9 Å². The number of aliphatic carboxylic acids is 1. The van der Waals surface area contributed by atoms with Crippen LogP contribution in [0.2, 0.25) is 0 Å². The molecule has 0 radical (unpaired) electrons. The summed E-state index contributed by atoms with van der Waals surface area (Å²) in [6, 6.07) is 15.9. The number of nitrogens with one attached hydrogen (secondary N) is 2. The standard InChI is InChI=1S/C26H22N6O5/c27-14-7-10-19-17(12-14)24(34)32(26(37)31-19)15-8-5-13(6-9-15)11-20(25(35)36)30-23(33)22-21(28)16-3-1-2-4-18(16)29-22/h1-10,12,20-21H,11,27-28H2,(H,30,33)(H,31,37)(H,35,36)/t20-,21?/m0/s1. The molecule has 0 fully saturated rings. The Morgan fingerprint density at radius 2 is 1.81 bits per heavy atom. The molecule has 186 valence electrons. The van der Waals surface area contributed by atoms with E-state index in [4.69, 9.17) is 11.5 Å². The molecular formula is C26H22N6O5. The molecule has 4 aromatic rings. The van der Waals surface area contributed by atoms with E-state index in [2.05, 4.69) is 15.3 Å². The lowest BCUT2D eigenvalue weighted by Gasteiger charge is -2.16. The van der Waals surface area contributed by atoms with Crippen molar-refractivity contribution in [3.8, 4) is 5.69 Å². The zero-order chi connectivity index (χ0) is 26.3. The van der Waals surface area contributed by atoms with Gasteiger partial charge in [-0.25, -0.2) is 19.1 Å². The Balaban J connectivity index is 1.36. The molecule has 1 aliphatic rings. The first-order valence-electron chi connectivity index (χ1n) is 11.3. The fraction of sp³-hybridized carbons (Fsp3) is 0.115. The number of carbonyl (C=O) groups is 2. The van der Waals surface area contributed by atoms with Crippen LogP contribution in [-0.4, -0.2) is 38.3 Å². The second-order valence-corrected chi connectivity index (χ2v) is 8.64. The number of rotatable bonds is 6. The van der Waals surface area contributed by atoms with E-state index < -0.39 is 35.2 Å². The van der Waals surface area contributed by atoms with E-state index in [1.807, 2.05) is 0 Å². The number of nitrogens with zero attached hydrogens (tertiary/aromatic N) is 2. The van der Waals surface area contributed by atoms with Crippen molar-refractivity contribution in [2.24, 2.45) is 10.7 Å². The summed E-state index contributed by atoms with van der Waals surface area (Å²) in [5.74, 6) is -1.90. The van der Waals surface area contributed by atoms with E-state index in [1.165, 1.54) is 18.2 Å². The van der Waals surface area contributed by atoms with Gasteiger partial charge in [0.25, 0.3) is 11.5 Å². The van der Waals surface area contributed by atoms with Crippen LogP contribution in [0.1, 0.15) is 17.2 Å². The normalized spacial score (nSPS) is 15.2. The summed E-state index contributed by atoms with van der Waals surface area (Å²) < 4.78 is 0.972. The minimum absolute atomic E-state index is 0.0401. The molecule has 1 aliphatic heterocycles. The Hall–Kier alpha value is -5.03. The third-order valence-corrected chi connectivity index (χ3v) is 6.20. The summed E-state index contributed by atoms with van der Waals surface area (Å²) in [6.07, 6.45) is -0.0453. The smallest absolute Gasteiger partial charge is 0.333 e. The lowest BCUT2D eigenvalue weighted by molar-refractivity contribution is -0.141. The van der Waals surface area contributed by atoms with Crippen LogP contribution in [0.25, 0.3) is 16.6 Å². The number of benzene rings is 3. The molecule has 11 heteroatoms. The maximum absolute atomic E-state index is 13.0. The zero-order valence-electron chi connectivity index (χ0n) is 19.3. The second kappa shape index (κ2) is 9.21. The van der Waals surface area contributed by atoms with Gasteiger partial charge in [-0.3, -0.25) is 9.59 Å². The minimum atomic E-state index is -1.26. The number of aliphatic imine (C=N–C) groups is 1. The number of fused-ring (bicyclic) bond motifs is 2. The van der Waals surface area contributed by atoms with Gasteiger partial charge in [-0.05, 0) is 42.0 Å².